The highest BCUT2D eigenvalue weighted by Crippen LogP contribution is 2.45. The normalized spacial score (nSPS) is 28.2. The molecule has 0 saturated heterocycles. The van der Waals surface area contributed by atoms with E-state index in [1.165, 1.54) is 0 Å². The van der Waals surface area contributed by atoms with Crippen LogP contribution in [0.3, 0.4) is 0 Å². The molecule has 0 aromatic rings. The van der Waals surface area contributed by atoms with Crippen LogP contribution in [0.1, 0.15) is 47.5 Å². The predicted octanol–water partition coefficient (Wildman–Crippen LogP) is 2.81. The van der Waals surface area contributed by atoms with Crippen LogP contribution in [0.5, 0.6) is 0 Å². The molecule has 0 aliphatic heterocycles. The molecule has 0 aromatic heterocycles. The van der Waals surface area contributed by atoms with Gasteiger partial charge in [0.25, 0.3) is 0 Å². The van der Waals surface area contributed by atoms with Crippen molar-refractivity contribution in [1.82, 2.24) is 10.2 Å². The molecule has 3 unspecified atom stereocenters. The first-order valence-electron chi connectivity index (χ1n) is 7.81. The van der Waals surface area contributed by atoms with Crippen molar-refractivity contribution in [2.24, 2.45) is 23.2 Å². The molecule has 5 nitrogen and oxygen atoms in total. The number of nitrogens with zero attached hydrogens (tertiary/aromatic N) is 1. The summed E-state index contributed by atoms with van der Waals surface area (Å²) in [6.45, 7) is 10.9. The minimum absolute atomic E-state index is 0.0395. The number of amides is 2. The van der Waals surface area contributed by atoms with Crippen LogP contribution in [0, 0.1) is 23.2 Å². The Kier molecular flexibility index (Phi) is 5.65. The van der Waals surface area contributed by atoms with E-state index in [4.69, 9.17) is 0 Å². The third kappa shape index (κ3) is 4.11. The fraction of sp³-hybridized carbons (Fsp3) is 0.875. The molecule has 1 aliphatic rings. The molecule has 3 atom stereocenters. The highest BCUT2D eigenvalue weighted by Gasteiger charge is 2.46. The Morgan fingerprint density at radius 2 is 1.90 bits per heavy atom. The Morgan fingerprint density at radius 3 is 2.38 bits per heavy atom. The topological polar surface area (TPSA) is 69.6 Å². The van der Waals surface area contributed by atoms with Crippen molar-refractivity contribution in [2.75, 3.05) is 13.6 Å². The van der Waals surface area contributed by atoms with Crippen molar-refractivity contribution >= 4 is 12.0 Å². The van der Waals surface area contributed by atoms with E-state index in [-0.39, 0.29) is 29.3 Å². The average Bonchev–Trinajstić information content (AvgIpc) is 2.33. The minimum atomic E-state index is -0.728. The zero-order valence-corrected chi connectivity index (χ0v) is 14.1. The highest BCUT2D eigenvalue weighted by atomic mass is 16.4. The van der Waals surface area contributed by atoms with Crippen molar-refractivity contribution in [2.45, 2.75) is 53.5 Å². The highest BCUT2D eigenvalue weighted by molar-refractivity contribution is 5.74. The quantitative estimate of drug-likeness (QED) is 0.838. The summed E-state index contributed by atoms with van der Waals surface area (Å²) in [6, 6.07) is -0.0252. The van der Waals surface area contributed by atoms with Crippen molar-refractivity contribution < 1.29 is 14.7 Å². The molecule has 0 bridgehead atoms. The van der Waals surface area contributed by atoms with Crippen molar-refractivity contribution in [3.8, 4) is 0 Å². The molecular weight excluding hydrogens is 268 g/mol. The van der Waals surface area contributed by atoms with Gasteiger partial charge in [-0.2, -0.15) is 0 Å². The summed E-state index contributed by atoms with van der Waals surface area (Å²) in [5, 5.41) is 12.4. The van der Waals surface area contributed by atoms with E-state index in [0.29, 0.717) is 18.9 Å². The van der Waals surface area contributed by atoms with Gasteiger partial charge in [-0.05, 0) is 30.1 Å². The van der Waals surface area contributed by atoms with E-state index < -0.39 is 5.97 Å². The Morgan fingerprint density at radius 1 is 1.33 bits per heavy atom. The summed E-state index contributed by atoms with van der Waals surface area (Å²) in [4.78, 5) is 25.3. The summed E-state index contributed by atoms with van der Waals surface area (Å²) in [6.07, 6.45) is 1.34. The van der Waals surface area contributed by atoms with Crippen LogP contribution in [0.2, 0.25) is 0 Å². The summed E-state index contributed by atoms with van der Waals surface area (Å²) >= 11 is 0. The molecule has 0 aromatic carbocycles. The third-order valence-corrected chi connectivity index (χ3v) is 5.03. The molecule has 2 N–H and O–H groups in total. The van der Waals surface area contributed by atoms with Crippen LogP contribution < -0.4 is 5.32 Å². The van der Waals surface area contributed by atoms with Gasteiger partial charge in [-0.25, -0.2) is 4.79 Å². The number of carboxylic acid groups (broad SMARTS) is 1. The average molecular weight is 298 g/mol. The number of nitrogens with one attached hydrogen (secondary N) is 1. The second-order valence-electron chi connectivity index (χ2n) is 7.41. The van der Waals surface area contributed by atoms with E-state index in [1.54, 1.807) is 11.9 Å². The number of hydrogen-bond donors (Lipinski definition) is 2. The number of rotatable bonds is 4. The molecule has 2 amide bonds. The minimum Gasteiger partial charge on any atom is -0.481 e. The fourth-order valence-corrected chi connectivity index (χ4v) is 3.34. The Labute approximate surface area is 128 Å². The van der Waals surface area contributed by atoms with Gasteiger partial charge < -0.3 is 15.3 Å². The Hall–Kier alpha value is -1.26. The van der Waals surface area contributed by atoms with E-state index in [2.05, 4.69) is 19.2 Å². The second-order valence-corrected chi connectivity index (χ2v) is 7.41. The lowest BCUT2D eigenvalue weighted by molar-refractivity contribution is -0.150. The molecule has 1 fully saturated rings. The van der Waals surface area contributed by atoms with Crippen molar-refractivity contribution in [3.05, 3.63) is 0 Å². The van der Waals surface area contributed by atoms with Crippen LogP contribution in [0.25, 0.3) is 0 Å². The van der Waals surface area contributed by atoms with E-state index in [0.717, 1.165) is 6.42 Å². The molecular formula is C16H30N2O3. The predicted molar refractivity (Wildman–Crippen MR) is 83.1 cm³/mol. The summed E-state index contributed by atoms with van der Waals surface area (Å²) in [5.74, 6) is -0.510. The lowest BCUT2D eigenvalue weighted by atomic mass is 9.61. The first-order chi connectivity index (χ1) is 9.57. The number of carbonyl (C=O) groups is 2. The first-order valence-corrected chi connectivity index (χ1v) is 7.81. The van der Waals surface area contributed by atoms with Crippen molar-refractivity contribution in [3.63, 3.8) is 0 Å². The van der Waals surface area contributed by atoms with Gasteiger partial charge in [-0.3, -0.25) is 4.79 Å². The van der Waals surface area contributed by atoms with Crippen LogP contribution in [0.4, 0.5) is 4.79 Å². The van der Waals surface area contributed by atoms with Gasteiger partial charge in [-0.1, -0.05) is 34.6 Å². The third-order valence-electron chi connectivity index (χ3n) is 5.03. The zero-order chi connectivity index (χ0) is 16.4. The molecule has 122 valence electrons. The largest absolute Gasteiger partial charge is 0.481 e. The van der Waals surface area contributed by atoms with Gasteiger partial charge in [0.1, 0.15) is 0 Å². The number of hydrogen-bond acceptors (Lipinski definition) is 2. The van der Waals surface area contributed by atoms with E-state index in [1.807, 2.05) is 20.8 Å². The zero-order valence-electron chi connectivity index (χ0n) is 14.1. The maximum absolute atomic E-state index is 12.2. The Balaban J connectivity index is 2.70. The van der Waals surface area contributed by atoms with Gasteiger partial charge >= 0.3 is 12.0 Å². The molecule has 0 radical (unpaired) electrons. The number of aliphatic carboxylic acids is 1. The molecule has 0 spiro atoms. The van der Waals surface area contributed by atoms with E-state index >= 15 is 0 Å². The summed E-state index contributed by atoms with van der Waals surface area (Å²) in [5.41, 5.74) is -0.321. The second kappa shape index (κ2) is 6.67. The Bertz CT molecular complexity index is 393. The molecule has 21 heavy (non-hydrogen) atoms. The van der Waals surface area contributed by atoms with Crippen LogP contribution in [-0.4, -0.2) is 41.6 Å². The van der Waals surface area contributed by atoms with Gasteiger partial charge in [-0.15, -0.1) is 0 Å². The number of carboxylic acids is 1. The molecule has 1 saturated carbocycles. The molecule has 1 rings (SSSR count). The van der Waals surface area contributed by atoms with Gasteiger partial charge in [0.2, 0.25) is 0 Å². The SMILES string of the molecule is CC(C)CN(C)C(=O)NC1CCC(C(=O)O)C(C)(C)C1C. The van der Waals surface area contributed by atoms with E-state index in [9.17, 15) is 14.7 Å². The number of urea groups is 1. The standard InChI is InChI=1S/C16H30N2O3/c1-10(2)9-18(6)15(21)17-13-8-7-12(14(19)20)16(4,5)11(13)3/h10-13H,7-9H2,1-6H3,(H,17,21)(H,19,20). The lowest BCUT2D eigenvalue weighted by Crippen LogP contribution is -2.54. The molecule has 0 heterocycles. The molecule has 5 heteroatoms. The van der Waals surface area contributed by atoms with Crippen molar-refractivity contribution in [1.29, 1.82) is 0 Å². The van der Waals surface area contributed by atoms with Crippen LogP contribution in [-0.2, 0) is 4.79 Å². The summed E-state index contributed by atoms with van der Waals surface area (Å²) in [7, 11) is 1.80. The maximum Gasteiger partial charge on any atom is 0.317 e. The van der Waals surface area contributed by atoms with Gasteiger partial charge in [0, 0.05) is 19.6 Å². The fourth-order valence-electron chi connectivity index (χ4n) is 3.34. The maximum atomic E-state index is 12.2. The van der Waals surface area contributed by atoms with Gasteiger partial charge in [0.05, 0.1) is 5.92 Å². The summed E-state index contributed by atoms with van der Waals surface area (Å²) < 4.78 is 0. The van der Waals surface area contributed by atoms with Crippen LogP contribution in [0.15, 0.2) is 0 Å². The van der Waals surface area contributed by atoms with Crippen LogP contribution >= 0.6 is 0 Å². The molecule has 1 aliphatic carbocycles. The lowest BCUT2D eigenvalue weighted by Gasteiger charge is -2.46. The van der Waals surface area contributed by atoms with Gasteiger partial charge in [0.15, 0.2) is 0 Å². The number of carbonyl (C=O) groups excluding carboxylic acids is 1. The first kappa shape index (κ1) is 17.8. The smallest absolute Gasteiger partial charge is 0.317 e. The monoisotopic (exact) mass is 298 g/mol.